The van der Waals surface area contributed by atoms with E-state index in [4.69, 9.17) is 27.2 Å². The van der Waals surface area contributed by atoms with Crippen molar-refractivity contribution in [2.45, 2.75) is 44.8 Å². The molecule has 1 aromatic heterocycles. The lowest BCUT2D eigenvalue weighted by molar-refractivity contribution is 0.0607. The number of hydrogen-bond acceptors (Lipinski definition) is 11. The summed E-state index contributed by atoms with van der Waals surface area (Å²) in [5, 5.41) is 30.0. The molecule has 0 radical (unpaired) electrons. The highest BCUT2D eigenvalue weighted by molar-refractivity contribution is 6.32. The Morgan fingerprint density at radius 3 is 2.68 bits per heavy atom. The third-order valence-electron chi connectivity index (χ3n) is 7.74. The summed E-state index contributed by atoms with van der Waals surface area (Å²) in [6.45, 7) is 7.16. The lowest BCUT2D eigenvalue weighted by atomic mass is 9.97. The number of ether oxygens (including phenoxy) is 1. The van der Waals surface area contributed by atoms with Crippen molar-refractivity contribution in [1.29, 1.82) is 5.26 Å². The molecule has 0 bridgehead atoms. The van der Waals surface area contributed by atoms with Crippen molar-refractivity contribution in [3.63, 3.8) is 0 Å². The highest BCUT2D eigenvalue weighted by atomic mass is 35.5. The Balaban J connectivity index is 1.36. The van der Waals surface area contributed by atoms with Gasteiger partial charge in [0.1, 0.15) is 12.4 Å². The number of amides is 1. The Morgan fingerprint density at radius 2 is 2.00 bits per heavy atom. The number of nitrogens with one attached hydrogen (secondary N) is 1. The van der Waals surface area contributed by atoms with Gasteiger partial charge < -0.3 is 30.9 Å². The number of aliphatic hydroxyl groups is 2. The molecule has 41 heavy (non-hydrogen) atoms. The summed E-state index contributed by atoms with van der Waals surface area (Å²) in [6, 6.07) is 8.42. The van der Waals surface area contributed by atoms with Crippen LogP contribution in [0, 0.1) is 11.3 Å². The molecule has 2 saturated heterocycles. The number of rotatable bonds is 11. The summed E-state index contributed by atoms with van der Waals surface area (Å²) in [6.07, 6.45) is 3.06. The molecule has 12 nitrogen and oxygen atoms in total. The molecular weight excluding hydrogens is 548 g/mol. The Morgan fingerprint density at radius 1 is 1.22 bits per heavy atom. The SMILES string of the molecule is CC[C@H]1CN(c2nc(N)c(C(=O)NCCO)nc2Cl)CCN1C1CCN(Cc2ccc(C#N)cc2OCCO)CC1. The van der Waals surface area contributed by atoms with Crippen molar-refractivity contribution >= 4 is 29.1 Å². The van der Waals surface area contributed by atoms with Crippen LogP contribution in [0.5, 0.6) is 5.75 Å². The summed E-state index contributed by atoms with van der Waals surface area (Å²) in [5.41, 5.74) is 7.58. The predicted octanol–water partition coefficient (Wildman–Crippen LogP) is 1.24. The second-order valence-corrected chi connectivity index (χ2v) is 10.7. The molecule has 1 atom stereocenters. The zero-order valence-electron chi connectivity index (χ0n) is 23.4. The van der Waals surface area contributed by atoms with Crippen LogP contribution in [-0.4, -0.2) is 107 Å². The smallest absolute Gasteiger partial charge is 0.273 e. The summed E-state index contributed by atoms with van der Waals surface area (Å²) in [4.78, 5) is 28.1. The molecular formula is C28H39ClN8O4. The minimum Gasteiger partial charge on any atom is -0.491 e. The fourth-order valence-electron chi connectivity index (χ4n) is 5.64. The number of benzene rings is 1. The molecule has 222 valence electrons. The number of nitrogens with two attached hydrogens (primary N) is 1. The minimum absolute atomic E-state index is 0.00914. The van der Waals surface area contributed by atoms with E-state index in [1.807, 2.05) is 12.1 Å². The third-order valence-corrected chi connectivity index (χ3v) is 7.99. The quantitative estimate of drug-likeness (QED) is 0.299. The zero-order valence-corrected chi connectivity index (χ0v) is 24.2. The molecule has 2 aromatic rings. The molecule has 13 heteroatoms. The van der Waals surface area contributed by atoms with Gasteiger partial charge in [0.15, 0.2) is 22.5 Å². The van der Waals surface area contributed by atoms with Crippen molar-refractivity contribution in [2.75, 3.05) is 69.7 Å². The molecule has 3 heterocycles. The molecule has 2 fully saturated rings. The van der Waals surface area contributed by atoms with Gasteiger partial charge in [-0.05, 0) is 44.5 Å². The van der Waals surface area contributed by atoms with Gasteiger partial charge in [0.2, 0.25) is 0 Å². The maximum Gasteiger partial charge on any atom is 0.273 e. The van der Waals surface area contributed by atoms with Crippen molar-refractivity contribution in [2.24, 2.45) is 0 Å². The van der Waals surface area contributed by atoms with E-state index in [9.17, 15) is 15.2 Å². The maximum atomic E-state index is 12.3. The van der Waals surface area contributed by atoms with E-state index in [2.05, 4.69) is 43.0 Å². The van der Waals surface area contributed by atoms with Gasteiger partial charge in [-0.25, -0.2) is 9.97 Å². The number of aromatic nitrogens is 2. The summed E-state index contributed by atoms with van der Waals surface area (Å²) in [7, 11) is 0. The minimum atomic E-state index is -0.520. The number of nitrogens with zero attached hydrogens (tertiary/aromatic N) is 6. The second kappa shape index (κ2) is 14.6. The number of aliphatic hydroxyl groups excluding tert-OH is 2. The number of likely N-dealkylation sites (tertiary alicyclic amines) is 1. The Hall–Kier alpha value is -3.21. The maximum absolute atomic E-state index is 12.3. The Bertz CT molecular complexity index is 1230. The van der Waals surface area contributed by atoms with E-state index in [-0.39, 0.29) is 43.0 Å². The number of anilines is 2. The first-order valence-electron chi connectivity index (χ1n) is 14.1. The van der Waals surface area contributed by atoms with Crippen molar-refractivity contribution in [3.05, 3.63) is 40.2 Å². The van der Waals surface area contributed by atoms with Crippen LogP contribution in [0.4, 0.5) is 11.6 Å². The van der Waals surface area contributed by atoms with E-state index in [1.54, 1.807) is 6.07 Å². The van der Waals surface area contributed by atoms with Gasteiger partial charge >= 0.3 is 0 Å². The van der Waals surface area contributed by atoms with Crippen molar-refractivity contribution in [3.8, 4) is 11.8 Å². The highest BCUT2D eigenvalue weighted by Crippen LogP contribution is 2.30. The molecule has 2 aliphatic rings. The van der Waals surface area contributed by atoms with Gasteiger partial charge in [-0.1, -0.05) is 24.6 Å². The van der Waals surface area contributed by atoms with E-state index >= 15 is 0 Å². The summed E-state index contributed by atoms with van der Waals surface area (Å²) < 4.78 is 5.71. The van der Waals surface area contributed by atoms with Crippen LogP contribution in [0.25, 0.3) is 0 Å². The lowest BCUT2D eigenvalue weighted by Crippen LogP contribution is -2.58. The zero-order chi connectivity index (χ0) is 29.4. The van der Waals surface area contributed by atoms with E-state index in [1.165, 1.54) is 0 Å². The van der Waals surface area contributed by atoms with Crippen LogP contribution < -0.4 is 20.7 Å². The second-order valence-electron chi connectivity index (χ2n) is 10.3. The molecule has 1 amide bonds. The van der Waals surface area contributed by atoms with Gasteiger partial charge in [0.25, 0.3) is 5.91 Å². The van der Waals surface area contributed by atoms with Gasteiger partial charge in [0.05, 0.1) is 24.8 Å². The van der Waals surface area contributed by atoms with Crippen LogP contribution in [-0.2, 0) is 6.54 Å². The summed E-state index contributed by atoms with van der Waals surface area (Å²) in [5.74, 6) is 0.629. The number of carbonyl (C=O) groups is 1. The van der Waals surface area contributed by atoms with Crippen LogP contribution in [0.3, 0.4) is 0 Å². The van der Waals surface area contributed by atoms with Crippen LogP contribution in [0.1, 0.15) is 47.8 Å². The molecule has 0 spiro atoms. The van der Waals surface area contributed by atoms with E-state index in [0.717, 1.165) is 64.1 Å². The number of piperidine rings is 1. The monoisotopic (exact) mass is 586 g/mol. The highest BCUT2D eigenvalue weighted by Gasteiger charge is 2.34. The molecule has 0 saturated carbocycles. The molecule has 1 aromatic carbocycles. The first kappa shape index (κ1) is 30.7. The number of nitriles is 1. The van der Waals surface area contributed by atoms with Crippen LogP contribution in [0.15, 0.2) is 18.2 Å². The number of halogens is 1. The fourth-order valence-corrected chi connectivity index (χ4v) is 5.89. The lowest BCUT2D eigenvalue weighted by Gasteiger charge is -2.47. The van der Waals surface area contributed by atoms with Gasteiger partial charge in [-0.3, -0.25) is 14.6 Å². The number of carbonyl (C=O) groups excluding carboxylic acids is 1. The van der Waals surface area contributed by atoms with Crippen LogP contribution in [0.2, 0.25) is 5.15 Å². The first-order chi connectivity index (χ1) is 19.9. The van der Waals surface area contributed by atoms with E-state index in [0.29, 0.717) is 29.2 Å². The fraction of sp³-hybridized carbons (Fsp3) is 0.571. The van der Waals surface area contributed by atoms with Crippen molar-refractivity contribution in [1.82, 2.24) is 25.1 Å². The largest absolute Gasteiger partial charge is 0.491 e. The Labute approximate surface area is 245 Å². The van der Waals surface area contributed by atoms with Gasteiger partial charge in [-0.2, -0.15) is 5.26 Å². The number of piperazine rings is 1. The first-order valence-corrected chi connectivity index (χ1v) is 14.5. The summed E-state index contributed by atoms with van der Waals surface area (Å²) >= 11 is 6.47. The third kappa shape index (κ3) is 7.55. The number of nitrogen functional groups attached to an aromatic ring is 1. The average Bonchev–Trinajstić information content (AvgIpc) is 3.00. The van der Waals surface area contributed by atoms with Crippen LogP contribution >= 0.6 is 11.6 Å². The molecule has 0 unspecified atom stereocenters. The molecule has 4 rings (SSSR count). The van der Waals surface area contributed by atoms with Gasteiger partial charge in [0, 0.05) is 50.4 Å². The Kier molecular flexibility index (Phi) is 11.0. The van der Waals surface area contributed by atoms with Crippen molar-refractivity contribution < 1.29 is 19.7 Å². The number of hydrogen-bond donors (Lipinski definition) is 4. The topological polar surface area (TPSA) is 164 Å². The van der Waals surface area contributed by atoms with Gasteiger partial charge in [-0.15, -0.1) is 0 Å². The molecule has 0 aliphatic carbocycles. The predicted molar refractivity (Wildman–Crippen MR) is 156 cm³/mol. The molecule has 5 N–H and O–H groups in total. The van der Waals surface area contributed by atoms with E-state index < -0.39 is 5.91 Å². The molecule has 2 aliphatic heterocycles. The normalized spacial score (nSPS) is 18.7. The standard InChI is InChI=1S/C28H39ClN8O4/c1-2-21-18-36(27-25(29)33-24(26(31)34-27)28(40)32-7-12-38)10-11-37(21)22-5-8-35(9-6-22)17-20-4-3-19(16-30)15-23(20)41-14-13-39/h3-4,15,21-22,38-39H,2,5-14,17-18H2,1H3,(H2,31,34)(H,32,40)/t21-/m0/s1. The average molecular weight is 587 g/mol.